The molecule has 136 valence electrons. The lowest BCUT2D eigenvalue weighted by Gasteiger charge is -2.26. The first-order valence-corrected chi connectivity index (χ1v) is 9.20. The maximum Gasteiger partial charge on any atom is 0.276 e. The smallest absolute Gasteiger partial charge is 0.276 e. The summed E-state index contributed by atoms with van der Waals surface area (Å²) in [5.41, 5.74) is 3.57. The molecule has 1 aromatic heterocycles. The third-order valence-corrected chi connectivity index (χ3v) is 5.03. The van der Waals surface area contributed by atoms with E-state index in [0.29, 0.717) is 23.5 Å². The largest absolute Gasteiger partial charge is 0.339 e. The van der Waals surface area contributed by atoms with E-state index in [4.69, 9.17) is 0 Å². The third-order valence-electron chi connectivity index (χ3n) is 5.03. The molecule has 4 rings (SSSR count). The van der Waals surface area contributed by atoms with Crippen LogP contribution in [-0.4, -0.2) is 46.5 Å². The molecule has 0 bridgehead atoms. The maximum atomic E-state index is 12.6. The second kappa shape index (κ2) is 7.29. The van der Waals surface area contributed by atoms with Crippen molar-refractivity contribution < 1.29 is 9.59 Å². The summed E-state index contributed by atoms with van der Waals surface area (Å²) >= 11 is 0. The Bertz CT molecular complexity index is 823. The van der Waals surface area contributed by atoms with Crippen molar-refractivity contribution in [3.05, 3.63) is 46.8 Å². The van der Waals surface area contributed by atoms with Crippen molar-refractivity contribution in [2.45, 2.75) is 32.2 Å². The molecule has 1 fully saturated rings. The van der Waals surface area contributed by atoms with Crippen LogP contribution in [0.3, 0.4) is 0 Å². The topological polar surface area (TPSA) is 90.1 Å². The average molecular weight is 353 g/mol. The number of hydrogen-bond acceptors (Lipinski definition) is 4. The highest BCUT2D eigenvalue weighted by molar-refractivity contribution is 6.05. The van der Waals surface area contributed by atoms with Crippen molar-refractivity contribution >= 4 is 17.5 Å². The molecular formula is C19H23N5O2. The predicted octanol–water partition coefficient (Wildman–Crippen LogP) is 1.93. The Morgan fingerprint density at radius 2 is 2.00 bits per heavy atom. The summed E-state index contributed by atoms with van der Waals surface area (Å²) in [6, 6.07) is 7.13. The number of fused-ring (bicyclic) bond motifs is 1. The maximum absolute atomic E-state index is 12.6. The second-order valence-corrected chi connectivity index (χ2v) is 6.84. The molecule has 2 aliphatic rings. The van der Waals surface area contributed by atoms with E-state index < -0.39 is 0 Å². The fraction of sp³-hybridized carbons (Fsp3) is 0.421. The number of benzene rings is 1. The highest BCUT2D eigenvalue weighted by Crippen LogP contribution is 2.19. The first kappa shape index (κ1) is 16.8. The number of rotatable bonds is 3. The molecule has 3 N–H and O–H groups in total. The van der Waals surface area contributed by atoms with E-state index in [1.807, 2.05) is 4.90 Å². The Hall–Kier alpha value is -2.67. The lowest BCUT2D eigenvalue weighted by Crippen LogP contribution is -2.35. The van der Waals surface area contributed by atoms with Crippen LogP contribution in [0, 0.1) is 0 Å². The molecule has 3 heterocycles. The fourth-order valence-corrected chi connectivity index (χ4v) is 3.61. The van der Waals surface area contributed by atoms with Crippen LogP contribution in [0.5, 0.6) is 0 Å². The van der Waals surface area contributed by atoms with Crippen molar-refractivity contribution in [1.29, 1.82) is 0 Å². The fourth-order valence-electron chi connectivity index (χ4n) is 3.61. The molecule has 0 saturated carbocycles. The van der Waals surface area contributed by atoms with Crippen LogP contribution in [0.4, 0.5) is 5.69 Å². The van der Waals surface area contributed by atoms with Crippen LogP contribution in [0.15, 0.2) is 24.3 Å². The van der Waals surface area contributed by atoms with Crippen molar-refractivity contribution in [3.8, 4) is 0 Å². The number of aromatic nitrogens is 2. The van der Waals surface area contributed by atoms with Crippen molar-refractivity contribution in [1.82, 2.24) is 20.4 Å². The molecule has 26 heavy (non-hydrogen) atoms. The third kappa shape index (κ3) is 3.35. The van der Waals surface area contributed by atoms with E-state index >= 15 is 0 Å². The summed E-state index contributed by atoms with van der Waals surface area (Å²) in [6.45, 7) is 3.14. The minimum Gasteiger partial charge on any atom is -0.339 e. The lowest BCUT2D eigenvalue weighted by molar-refractivity contribution is 0.0724. The number of likely N-dealkylation sites (tertiary alicyclic amines) is 1. The van der Waals surface area contributed by atoms with Gasteiger partial charge in [-0.25, -0.2) is 0 Å². The van der Waals surface area contributed by atoms with E-state index in [9.17, 15) is 9.59 Å². The van der Waals surface area contributed by atoms with Crippen LogP contribution in [0.2, 0.25) is 0 Å². The molecule has 0 atom stereocenters. The minimum absolute atomic E-state index is 0.0298. The summed E-state index contributed by atoms with van der Waals surface area (Å²) in [5.74, 6) is -0.226. The van der Waals surface area contributed by atoms with Gasteiger partial charge in [0.25, 0.3) is 11.8 Å². The Morgan fingerprint density at radius 3 is 2.85 bits per heavy atom. The highest BCUT2D eigenvalue weighted by Gasteiger charge is 2.22. The van der Waals surface area contributed by atoms with Crippen LogP contribution in [0.25, 0.3) is 0 Å². The Balaban J connectivity index is 1.49. The Kier molecular flexibility index (Phi) is 4.71. The van der Waals surface area contributed by atoms with Gasteiger partial charge in [0.05, 0.1) is 0 Å². The average Bonchev–Trinajstić information content (AvgIpc) is 3.12. The lowest BCUT2D eigenvalue weighted by atomic mass is 10.1. The number of H-pyrrole nitrogens is 1. The molecule has 2 aliphatic heterocycles. The van der Waals surface area contributed by atoms with Crippen LogP contribution in [0.1, 0.15) is 51.4 Å². The van der Waals surface area contributed by atoms with Gasteiger partial charge in [0, 0.05) is 55.1 Å². The zero-order valence-electron chi connectivity index (χ0n) is 14.7. The van der Waals surface area contributed by atoms with Gasteiger partial charge in [0.1, 0.15) is 0 Å². The number of hydrogen-bond donors (Lipinski definition) is 3. The molecule has 0 spiro atoms. The van der Waals surface area contributed by atoms with Gasteiger partial charge >= 0.3 is 0 Å². The molecular weight excluding hydrogens is 330 g/mol. The van der Waals surface area contributed by atoms with Crippen molar-refractivity contribution in [3.63, 3.8) is 0 Å². The first-order chi connectivity index (χ1) is 12.7. The number of amides is 2. The van der Waals surface area contributed by atoms with Gasteiger partial charge in [-0.05, 0) is 37.5 Å². The SMILES string of the molecule is O=C(Nc1cccc(C(=O)N2CCCCC2)c1)c1n[nH]c2c1CNCC2. The van der Waals surface area contributed by atoms with Crippen LogP contribution >= 0.6 is 0 Å². The number of anilines is 1. The second-order valence-electron chi connectivity index (χ2n) is 6.84. The van der Waals surface area contributed by atoms with Gasteiger partial charge in [-0.3, -0.25) is 14.7 Å². The van der Waals surface area contributed by atoms with Crippen molar-refractivity contribution in [2.24, 2.45) is 0 Å². The molecule has 1 saturated heterocycles. The number of piperidine rings is 1. The Labute approximate surface area is 152 Å². The van der Waals surface area contributed by atoms with Gasteiger partial charge in [0.2, 0.25) is 0 Å². The minimum atomic E-state index is -0.256. The highest BCUT2D eigenvalue weighted by atomic mass is 16.2. The summed E-state index contributed by atoms with van der Waals surface area (Å²) in [4.78, 5) is 27.1. The van der Waals surface area contributed by atoms with E-state index in [1.165, 1.54) is 6.42 Å². The molecule has 2 amide bonds. The standard InChI is InChI=1S/C19H23N5O2/c25-18(17-15-12-20-8-7-16(15)22-23-17)21-14-6-4-5-13(11-14)19(26)24-9-2-1-3-10-24/h4-6,11,20H,1-3,7-10,12H2,(H,21,25)(H,22,23). The number of carbonyl (C=O) groups excluding carboxylic acids is 2. The number of carbonyl (C=O) groups is 2. The molecule has 2 aromatic rings. The quantitative estimate of drug-likeness (QED) is 0.786. The number of nitrogens with zero attached hydrogens (tertiary/aromatic N) is 2. The zero-order chi connectivity index (χ0) is 17.9. The first-order valence-electron chi connectivity index (χ1n) is 9.20. The molecule has 0 aliphatic carbocycles. The molecule has 7 nitrogen and oxygen atoms in total. The molecule has 1 aromatic carbocycles. The molecule has 7 heteroatoms. The van der Waals surface area contributed by atoms with Gasteiger partial charge in [0.15, 0.2) is 5.69 Å². The van der Waals surface area contributed by atoms with E-state index in [2.05, 4.69) is 20.8 Å². The summed E-state index contributed by atoms with van der Waals surface area (Å²) in [6.07, 6.45) is 4.14. The number of nitrogens with one attached hydrogen (secondary N) is 3. The molecule has 0 unspecified atom stereocenters. The monoisotopic (exact) mass is 353 g/mol. The molecule has 0 radical (unpaired) electrons. The summed E-state index contributed by atoms with van der Waals surface area (Å²) in [7, 11) is 0. The van der Waals surface area contributed by atoms with E-state index in [0.717, 1.165) is 50.2 Å². The van der Waals surface area contributed by atoms with Gasteiger partial charge in [-0.15, -0.1) is 0 Å². The van der Waals surface area contributed by atoms with Gasteiger partial charge < -0.3 is 15.5 Å². The van der Waals surface area contributed by atoms with Crippen LogP contribution in [-0.2, 0) is 13.0 Å². The van der Waals surface area contributed by atoms with Crippen LogP contribution < -0.4 is 10.6 Å². The number of aromatic amines is 1. The van der Waals surface area contributed by atoms with E-state index in [-0.39, 0.29) is 11.8 Å². The summed E-state index contributed by atoms with van der Waals surface area (Å²) < 4.78 is 0. The summed E-state index contributed by atoms with van der Waals surface area (Å²) in [5, 5.41) is 13.3. The predicted molar refractivity (Wildman–Crippen MR) is 98.1 cm³/mol. The van der Waals surface area contributed by atoms with Gasteiger partial charge in [-0.2, -0.15) is 5.10 Å². The van der Waals surface area contributed by atoms with Crippen molar-refractivity contribution in [2.75, 3.05) is 25.0 Å². The Morgan fingerprint density at radius 1 is 1.15 bits per heavy atom. The normalized spacial score (nSPS) is 16.8. The zero-order valence-corrected chi connectivity index (χ0v) is 14.7. The van der Waals surface area contributed by atoms with Gasteiger partial charge in [-0.1, -0.05) is 6.07 Å². The van der Waals surface area contributed by atoms with E-state index in [1.54, 1.807) is 24.3 Å².